The Kier molecular flexibility index (Phi) is 3.98. The largest absolute Gasteiger partial charge is 0.297 e. The highest BCUT2D eigenvalue weighted by atomic mass is 14.6. The van der Waals surface area contributed by atoms with Crippen LogP contribution in [-0.4, -0.2) is 13.3 Å². The van der Waals surface area contributed by atoms with E-state index in [1.165, 1.54) is 0 Å². The molecule has 6 heavy (non-hydrogen) atoms. The van der Waals surface area contributed by atoms with E-state index in [9.17, 15) is 0 Å². The van der Waals surface area contributed by atoms with Crippen LogP contribution in [0, 0.1) is 0 Å². The Morgan fingerprint density at radius 2 is 2.50 bits per heavy atom. The number of hydrogen-bond acceptors (Lipinski definition) is 1. The number of rotatable bonds is 2. The summed E-state index contributed by atoms with van der Waals surface area (Å²) < 4.78 is 0. The maximum atomic E-state index is 3.59. The Labute approximate surface area is 38.4 Å². The number of aliphatic imine (C=N–C) groups is 1. The Morgan fingerprint density at radius 1 is 1.83 bits per heavy atom. The van der Waals surface area contributed by atoms with Gasteiger partial charge in [-0.1, -0.05) is 12.2 Å². The van der Waals surface area contributed by atoms with Gasteiger partial charge < -0.3 is 0 Å². The Hall–Kier alpha value is -0.590. The molecule has 0 aromatic heterocycles. The topological polar surface area (TPSA) is 12.4 Å². The van der Waals surface area contributed by atoms with Gasteiger partial charge in [-0.15, -0.1) is 0 Å². The van der Waals surface area contributed by atoms with E-state index in [1.807, 2.05) is 19.1 Å². The molecule has 0 N–H and O–H groups in total. The van der Waals surface area contributed by atoms with Crippen LogP contribution in [0.5, 0.6) is 0 Å². The molecule has 0 saturated heterocycles. The molecule has 0 aliphatic carbocycles. The number of hydrogen-bond donors (Lipinski definition) is 0. The highest BCUT2D eigenvalue weighted by Gasteiger charge is 1.57. The lowest BCUT2D eigenvalue weighted by atomic mass is 10.5. The van der Waals surface area contributed by atoms with Crippen LogP contribution in [-0.2, 0) is 0 Å². The third-order valence-corrected chi connectivity index (χ3v) is 0.470. The van der Waals surface area contributed by atoms with Gasteiger partial charge in [-0.05, 0) is 13.6 Å². The molecular weight excluding hydrogens is 74.1 g/mol. The van der Waals surface area contributed by atoms with E-state index in [4.69, 9.17) is 0 Å². The summed E-state index contributed by atoms with van der Waals surface area (Å²) in [5.74, 6) is 0. The number of allylic oxidation sites excluding steroid dienone is 1. The molecule has 0 aliphatic heterocycles. The van der Waals surface area contributed by atoms with Crippen molar-refractivity contribution in [1.82, 2.24) is 0 Å². The zero-order chi connectivity index (χ0) is 4.83. The van der Waals surface area contributed by atoms with E-state index in [0.29, 0.717) is 0 Å². The third kappa shape index (κ3) is 3.41. The van der Waals surface area contributed by atoms with Gasteiger partial charge in [-0.2, -0.15) is 0 Å². The fourth-order valence-corrected chi connectivity index (χ4v) is 0.180. The summed E-state index contributed by atoms with van der Waals surface area (Å²) in [6.07, 6.45) is 3.90. The summed E-state index contributed by atoms with van der Waals surface area (Å²) in [5.41, 5.74) is 0. The van der Waals surface area contributed by atoms with E-state index in [2.05, 4.69) is 11.7 Å². The quantitative estimate of drug-likeness (QED) is 0.352. The maximum absolute atomic E-state index is 3.59. The summed E-state index contributed by atoms with van der Waals surface area (Å²) in [5, 5.41) is 0. The zero-order valence-electron chi connectivity index (χ0n) is 4.02. The van der Waals surface area contributed by atoms with Crippen molar-refractivity contribution >= 4 is 6.72 Å². The van der Waals surface area contributed by atoms with Crippen molar-refractivity contribution < 1.29 is 0 Å². The predicted octanol–water partition coefficient (Wildman–Crippen LogP) is 1.26. The van der Waals surface area contributed by atoms with Crippen LogP contribution in [0.1, 0.15) is 6.92 Å². The zero-order valence-corrected chi connectivity index (χ0v) is 4.02. The first-order valence-corrected chi connectivity index (χ1v) is 1.95. The molecule has 0 rings (SSSR count). The van der Waals surface area contributed by atoms with E-state index < -0.39 is 0 Å². The maximum Gasteiger partial charge on any atom is 0.0563 e. The average Bonchev–Trinajstić information content (AvgIpc) is 1.61. The molecule has 34 valence electrons. The molecular formula is C5H9N. The Balaban J connectivity index is 2.85. The minimum absolute atomic E-state index is 0.747. The Morgan fingerprint density at radius 3 is 2.67 bits per heavy atom. The predicted molar refractivity (Wildman–Crippen MR) is 29.2 cm³/mol. The normalized spacial score (nSPS) is 9.50. The van der Waals surface area contributed by atoms with Gasteiger partial charge in [0.05, 0.1) is 6.54 Å². The lowest BCUT2D eigenvalue weighted by Crippen LogP contribution is -1.63. The fraction of sp³-hybridized carbons (Fsp3) is 0.400. The van der Waals surface area contributed by atoms with Crippen LogP contribution < -0.4 is 0 Å². The lowest BCUT2D eigenvalue weighted by Gasteiger charge is -1.71. The summed E-state index contributed by atoms with van der Waals surface area (Å²) >= 11 is 0. The molecule has 0 aliphatic rings. The average molecular weight is 83.1 g/mol. The van der Waals surface area contributed by atoms with Crippen LogP contribution in [0.4, 0.5) is 0 Å². The first-order valence-electron chi connectivity index (χ1n) is 1.95. The van der Waals surface area contributed by atoms with Gasteiger partial charge in [0.2, 0.25) is 0 Å². The van der Waals surface area contributed by atoms with Crippen LogP contribution >= 0.6 is 0 Å². The molecule has 0 unspecified atom stereocenters. The smallest absolute Gasteiger partial charge is 0.0563 e. The SMILES string of the molecule is C=NC/C=C\C. The molecule has 0 fully saturated rings. The van der Waals surface area contributed by atoms with Crippen molar-refractivity contribution in [2.75, 3.05) is 6.54 Å². The van der Waals surface area contributed by atoms with Gasteiger partial charge >= 0.3 is 0 Å². The second-order valence-corrected chi connectivity index (χ2v) is 0.975. The van der Waals surface area contributed by atoms with Gasteiger partial charge in [0, 0.05) is 0 Å². The molecule has 0 bridgehead atoms. The first kappa shape index (κ1) is 5.41. The Bertz CT molecular complexity index is 55.0. The molecule has 0 radical (unpaired) electrons. The van der Waals surface area contributed by atoms with Crippen molar-refractivity contribution in [2.24, 2.45) is 4.99 Å². The van der Waals surface area contributed by atoms with E-state index in [-0.39, 0.29) is 0 Å². The summed E-state index contributed by atoms with van der Waals surface area (Å²) in [6.45, 7) is 6.01. The van der Waals surface area contributed by atoms with E-state index >= 15 is 0 Å². The first-order chi connectivity index (χ1) is 2.91. The van der Waals surface area contributed by atoms with Gasteiger partial charge in [0.1, 0.15) is 0 Å². The minimum Gasteiger partial charge on any atom is -0.297 e. The second kappa shape index (κ2) is 4.41. The van der Waals surface area contributed by atoms with Gasteiger partial charge in [0.25, 0.3) is 0 Å². The highest BCUT2D eigenvalue weighted by Crippen LogP contribution is 1.68. The van der Waals surface area contributed by atoms with Crippen molar-refractivity contribution in [3.63, 3.8) is 0 Å². The van der Waals surface area contributed by atoms with Crippen molar-refractivity contribution in [3.05, 3.63) is 12.2 Å². The molecule has 1 heteroatoms. The van der Waals surface area contributed by atoms with Crippen molar-refractivity contribution in [2.45, 2.75) is 6.92 Å². The van der Waals surface area contributed by atoms with E-state index in [1.54, 1.807) is 0 Å². The molecule has 0 spiro atoms. The van der Waals surface area contributed by atoms with Gasteiger partial charge in [0.15, 0.2) is 0 Å². The summed E-state index contributed by atoms with van der Waals surface area (Å²) in [4.78, 5) is 3.59. The second-order valence-electron chi connectivity index (χ2n) is 0.975. The lowest BCUT2D eigenvalue weighted by molar-refractivity contribution is 1.26. The summed E-state index contributed by atoms with van der Waals surface area (Å²) in [7, 11) is 0. The van der Waals surface area contributed by atoms with Crippen LogP contribution in [0.2, 0.25) is 0 Å². The molecule has 0 amide bonds. The van der Waals surface area contributed by atoms with Crippen LogP contribution in [0.3, 0.4) is 0 Å². The molecule has 0 aromatic rings. The molecule has 0 atom stereocenters. The van der Waals surface area contributed by atoms with Crippen molar-refractivity contribution in [3.8, 4) is 0 Å². The van der Waals surface area contributed by atoms with Crippen LogP contribution in [0.15, 0.2) is 17.1 Å². The van der Waals surface area contributed by atoms with Gasteiger partial charge in [-0.3, -0.25) is 4.99 Å². The molecule has 0 aromatic carbocycles. The van der Waals surface area contributed by atoms with Gasteiger partial charge in [-0.25, -0.2) is 0 Å². The van der Waals surface area contributed by atoms with E-state index in [0.717, 1.165) is 6.54 Å². The monoisotopic (exact) mass is 83.1 g/mol. The number of nitrogens with zero attached hydrogens (tertiary/aromatic N) is 1. The summed E-state index contributed by atoms with van der Waals surface area (Å²) in [6, 6.07) is 0. The fourth-order valence-electron chi connectivity index (χ4n) is 0.180. The molecule has 0 heterocycles. The minimum atomic E-state index is 0.747. The third-order valence-electron chi connectivity index (χ3n) is 0.470. The van der Waals surface area contributed by atoms with Crippen molar-refractivity contribution in [1.29, 1.82) is 0 Å². The molecule has 0 saturated carbocycles. The standard InChI is InChI=1S/C5H9N/c1-3-4-5-6-2/h3-4H,2,5H2,1H3/b4-3-. The van der Waals surface area contributed by atoms with Crippen LogP contribution in [0.25, 0.3) is 0 Å². The highest BCUT2D eigenvalue weighted by molar-refractivity contribution is 5.23. The molecule has 1 nitrogen and oxygen atoms in total.